The zero-order valence-corrected chi connectivity index (χ0v) is 20.0. The van der Waals surface area contributed by atoms with Crippen LogP contribution in [0.1, 0.15) is 16.7 Å². The Morgan fingerprint density at radius 1 is 1.06 bits per heavy atom. The second kappa shape index (κ2) is 10.6. The van der Waals surface area contributed by atoms with Gasteiger partial charge in [0.1, 0.15) is 6.61 Å². The minimum absolute atomic E-state index is 0.0259. The number of nitro groups is 1. The van der Waals surface area contributed by atoms with Crippen LogP contribution in [0.25, 0.3) is 6.08 Å². The fourth-order valence-electron chi connectivity index (χ4n) is 3.36. The maximum absolute atomic E-state index is 12.9. The molecule has 35 heavy (non-hydrogen) atoms. The molecule has 10 heteroatoms. The third kappa shape index (κ3) is 5.64. The van der Waals surface area contributed by atoms with Gasteiger partial charge in [-0.3, -0.25) is 24.6 Å². The van der Waals surface area contributed by atoms with E-state index in [0.717, 1.165) is 22.2 Å². The SMILES string of the molecule is COc1cc(/C=C2\SC(=O)N(Cc3ccc([N+](=O)[O-])cc3)C2=O)ccc1OCc1ccccc1Cl. The van der Waals surface area contributed by atoms with Crippen molar-refractivity contribution in [2.75, 3.05) is 7.11 Å². The van der Waals surface area contributed by atoms with Crippen molar-refractivity contribution in [3.63, 3.8) is 0 Å². The third-order valence-corrected chi connectivity index (χ3v) is 6.46. The van der Waals surface area contributed by atoms with Crippen molar-refractivity contribution >= 4 is 46.3 Å². The van der Waals surface area contributed by atoms with Crippen molar-refractivity contribution in [1.82, 2.24) is 4.90 Å². The van der Waals surface area contributed by atoms with Crippen LogP contribution in [0.3, 0.4) is 0 Å². The number of amides is 2. The fraction of sp³-hybridized carbons (Fsp3) is 0.120. The first kappa shape index (κ1) is 24.3. The maximum atomic E-state index is 12.9. The lowest BCUT2D eigenvalue weighted by Gasteiger charge is -2.13. The van der Waals surface area contributed by atoms with Crippen molar-refractivity contribution in [2.45, 2.75) is 13.2 Å². The first-order chi connectivity index (χ1) is 16.9. The molecule has 1 heterocycles. The zero-order chi connectivity index (χ0) is 24.9. The van der Waals surface area contributed by atoms with E-state index < -0.39 is 16.1 Å². The molecule has 0 atom stereocenters. The summed E-state index contributed by atoms with van der Waals surface area (Å²) in [5, 5.41) is 11.0. The van der Waals surface area contributed by atoms with E-state index in [2.05, 4.69) is 0 Å². The highest BCUT2D eigenvalue weighted by Crippen LogP contribution is 2.35. The Morgan fingerprint density at radius 2 is 1.80 bits per heavy atom. The van der Waals surface area contributed by atoms with Crippen LogP contribution in [-0.2, 0) is 17.9 Å². The molecule has 3 aromatic rings. The van der Waals surface area contributed by atoms with Crippen molar-refractivity contribution in [3.8, 4) is 11.5 Å². The maximum Gasteiger partial charge on any atom is 0.293 e. The summed E-state index contributed by atoms with van der Waals surface area (Å²) < 4.78 is 11.3. The van der Waals surface area contributed by atoms with E-state index in [1.54, 1.807) is 30.3 Å². The molecule has 1 aliphatic rings. The summed E-state index contributed by atoms with van der Waals surface area (Å²) in [5.41, 5.74) is 2.05. The number of benzene rings is 3. The molecular weight excluding hydrogens is 492 g/mol. The molecule has 1 fully saturated rings. The predicted molar refractivity (Wildman–Crippen MR) is 133 cm³/mol. The van der Waals surface area contributed by atoms with Gasteiger partial charge in [-0.15, -0.1) is 0 Å². The molecule has 0 aliphatic carbocycles. The van der Waals surface area contributed by atoms with E-state index >= 15 is 0 Å². The molecule has 4 rings (SSSR count). The van der Waals surface area contributed by atoms with Crippen LogP contribution in [0.2, 0.25) is 5.02 Å². The van der Waals surface area contributed by atoms with E-state index in [-0.39, 0.29) is 23.7 Å². The normalized spacial score (nSPS) is 14.5. The highest BCUT2D eigenvalue weighted by molar-refractivity contribution is 8.18. The lowest BCUT2D eigenvalue weighted by Crippen LogP contribution is -2.27. The number of ether oxygens (including phenoxy) is 2. The summed E-state index contributed by atoms with van der Waals surface area (Å²) >= 11 is 7.01. The third-order valence-electron chi connectivity index (χ3n) is 5.19. The first-order valence-electron chi connectivity index (χ1n) is 10.4. The monoisotopic (exact) mass is 510 g/mol. The Hall–Kier alpha value is -3.82. The number of rotatable bonds is 8. The Bertz CT molecular complexity index is 1330. The van der Waals surface area contributed by atoms with Gasteiger partial charge in [0.05, 0.1) is 23.5 Å². The molecule has 2 amide bonds. The first-order valence-corrected chi connectivity index (χ1v) is 11.6. The number of non-ortho nitro benzene ring substituents is 1. The lowest BCUT2D eigenvalue weighted by molar-refractivity contribution is -0.384. The topological polar surface area (TPSA) is 99.0 Å². The fourth-order valence-corrected chi connectivity index (χ4v) is 4.39. The quantitative estimate of drug-likeness (QED) is 0.206. The number of carbonyl (C=O) groups excluding carboxylic acids is 2. The minimum Gasteiger partial charge on any atom is -0.493 e. The molecule has 0 spiro atoms. The summed E-state index contributed by atoms with van der Waals surface area (Å²) in [4.78, 5) is 37.0. The Labute approximate surface area is 210 Å². The number of imide groups is 1. The standard InChI is InChI=1S/C25H19ClN2O6S/c1-33-22-12-17(8-11-21(22)34-15-18-4-2-3-5-20(18)26)13-23-24(29)27(25(30)35-23)14-16-6-9-19(10-7-16)28(31)32/h2-13H,14-15H2,1H3/b23-13-. The minimum atomic E-state index is -0.506. The second-order valence-corrected chi connectivity index (χ2v) is 8.88. The molecule has 0 aromatic heterocycles. The number of halogens is 1. The van der Waals surface area contributed by atoms with Gasteiger partial charge in [0, 0.05) is 22.7 Å². The van der Waals surface area contributed by atoms with Crippen molar-refractivity contribution in [3.05, 3.63) is 103 Å². The van der Waals surface area contributed by atoms with Crippen LogP contribution >= 0.6 is 23.4 Å². The molecule has 0 radical (unpaired) electrons. The average Bonchev–Trinajstić information content (AvgIpc) is 3.11. The van der Waals surface area contributed by atoms with Crippen LogP contribution < -0.4 is 9.47 Å². The number of nitrogens with zero attached hydrogens (tertiary/aromatic N) is 2. The van der Waals surface area contributed by atoms with Crippen LogP contribution in [0.4, 0.5) is 10.5 Å². The highest BCUT2D eigenvalue weighted by atomic mass is 35.5. The summed E-state index contributed by atoms with van der Waals surface area (Å²) in [7, 11) is 1.51. The van der Waals surface area contributed by atoms with Crippen LogP contribution in [-0.4, -0.2) is 28.1 Å². The number of hydrogen-bond acceptors (Lipinski definition) is 7. The van der Waals surface area contributed by atoms with E-state index in [1.165, 1.54) is 31.4 Å². The second-order valence-electron chi connectivity index (χ2n) is 7.48. The Morgan fingerprint density at radius 3 is 2.49 bits per heavy atom. The van der Waals surface area contributed by atoms with Gasteiger partial charge in [0.15, 0.2) is 11.5 Å². The van der Waals surface area contributed by atoms with Gasteiger partial charge in [-0.05, 0) is 47.2 Å². The molecule has 1 aliphatic heterocycles. The summed E-state index contributed by atoms with van der Waals surface area (Å²) in [6.45, 7) is 0.287. The van der Waals surface area contributed by atoms with Crippen LogP contribution in [0, 0.1) is 10.1 Å². The van der Waals surface area contributed by atoms with Gasteiger partial charge >= 0.3 is 0 Å². The van der Waals surface area contributed by atoms with Gasteiger partial charge in [-0.2, -0.15) is 0 Å². The van der Waals surface area contributed by atoms with Gasteiger partial charge in [-0.25, -0.2) is 0 Å². The van der Waals surface area contributed by atoms with Crippen molar-refractivity contribution < 1.29 is 24.0 Å². The summed E-state index contributed by atoms with van der Waals surface area (Å²) in [6.07, 6.45) is 1.61. The Kier molecular flexibility index (Phi) is 7.38. The van der Waals surface area contributed by atoms with Gasteiger partial charge in [-0.1, -0.05) is 48.0 Å². The number of thioether (sulfide) groups is 1. The predicted octanol–water partition coefficient (Wildman–Crippen LogP) is 6.07. The molecule has 0 N–H and O–H groups in total. The van der Waals surface area contributed by atoms with E-state index in [4.69, 9.17) is 21.1 Å². The number of methoxy groups -OCH3 is 1. The van der Waals surface area contributed by atoms with Gasteiger partial charge in [0.25, 0.3) is 16.8 Å². The van der Waals surface area contributed by atoms with Crippen LogP contribution in [0.15, 0.2) is 71.6 Å². The molecule has 178 valence electrons. The van der Waals surface area contributed by atoms with E-state index in [1.807, 2.05) is 18.2 Å². The number of carbonyl (C=O) groups is 2. The average molecular weight is 511 g/mol. The molecule has 0 bridgehead atoms. The lowest BCUT2D eigenvalue weighted by atomic mass is 10.1. The molecule has 8 nitrogen and oxygen atoms in total. The van der Waals surface area contributed by atoms with Crippen molar-refractivity contribution in [1.29, 1.82) is 0 Å². The Balaban J connectivity index is 1.47. The molecule has 0 saturated carbocycles. The largest absolute Gasteiger partial charge is 0.493 e. The van der Waals surface area contributed by atoms with E-state index in [0.29, 0.717) is 27.6 Å². The molecule has 0 unspecified atom stereocenters. The number of nitro benzene ring substituents is 1. The summed E-state index contributed by atoms with van der Waals surface area (Å²) in [5.74, 6) is 0.545. The highest BCUT2D eigenvalue weighted by Gasteiger charge is 2.35. The van der Waals surface area contributed by atoms with E-state index in [9.17, 15) is 19.7 Å². The van der Waals surface area contributed by atoms with Gasteiger partial charge in [0.2, 0.25) is 0 Å². The van der Waals surface area contributed by atoms with Crippen LogP contribution in [0.5, 0.6) is 11.5 Å². The summed E-state index contributed by atoms with van der Waals surface area (Å²) in [6, 6.07) is 18.3. The zero-order valence-electron chi connectivity index (χ0n) is 18.5. The molecule has 1 saturated heterocycles. The van der Waals surface area contributed by atoms with Gasteiger partial charge < -0.3 is 9.47 Å². The smallest absolute Gasteiger partial charge is 0.293 e. The molecule has 3 aromatic carbocycles. The molecular formula is C25H19ClN2O6S. The number of hydrogen-bond donors (Lipinski definition) is 0. The van der Waals surface area contributed by atoms with Crippen molar-refractivity contribution in [2.24, 2.45) is 0 Å².